The Morgan fingerprint density at radius 2 is 1.96 bits per heavy atom. The highest BCUT2D eigenvalue weighted by Gasteiger charge is 2.70. The Hall–Kier alpha value is -1.92. The number of fused-ring (bicyclic) bond motifs is 4. The predicted octanol–water partition coefficient (Wildman–Crippen LogP) is 2.19. The van der Waals surface area contributed by atoms with E-state index in [1.165, 1.54) is 4.90 Å². The maximum atomic E-state index is 13.3. The first-order chi connectivity index (χ1) is 12.2. The van der Waals surface area contributed by atoms with Crippen LogP contribution < -0.4 is 10.6 Å². The molecule has 0 aliphatic carbocycles. The van der Waals surface area contributed by atoms with Crippen LogP contribution in [0.3, 0.4) is 0 Å². The number of amides is 3. The lowest BCUT2D eigenvalue weighted by atomic mass is 9.76. The zero-order valence-corrected chi connectivity index (χ0v) is 16.0. The number of imide groups is 1. The zero-order valence-electron chi connectivity index (χ0n) is 15.2. The molecule has 2 fully saturated rings. The van der Waals surface area contributed by atoms with Gasteiger partial charge in [0.15, 0.2) is 0 Å². The fraction of sp³-hybridized carbons (Fsp3) is 0.526. The highest BCUT2D eigenvalue weighted by atomic mass is 35.5. The first-order valence-corrected chi connectivity index (χ1v) is 9.38. The molecule has 7 heteroatoms. The van der Waals surface area contributed by atoms with Crippen LogP contribution in [0.5, 0.6) is 0 Å². The lowest BCUT2D eigenvalue weighted by Crippen LogP contribution is -2.53. The number of rotatable bonds is 2. The molecule has 3 aliphatic heterocycles. The van der Waals surface area contributed by atoms with E-state index in [-0.39, 0.29) is 29.8 Å². The zero-order chi connectivity index (χ0) is 19.0. The first kappa shape index (κ1) is 17.5. The number of carbonyl (C=O) groups excluding carboxylic acids is 3. The van der Waals surface area contributed by atoms with Crippen molar-refractivity contribution in [2.24, 2.45) is 11.8 Å². The van der Waals surface area contributed by atoms with Crippen molar-refractivity contribution in [1.29, 1.82) is 0 Å². The number of carbonyl (C=O) groups is 3. The van der Waals surface area contributed by atoms with Gasteiger partial charge in [0, 0.05) is 17.6 Å². The van der Waals surface area contributed by atoms with Crippen molar-refractivity contribution in [2.75, 3.05) is 5.32 Å². The van der Waals surface area contributed by atoms with E-state index in [0.29, 0.717) is 22.7 Å². The van der Waals surface area contributed by atoms with Crippen molar-refractivity contribution in [3.8, 4) is 0 Å². The molecule has 5 atom stereocenters. The van der Waals surface area contributed by atoms with Crippen molar-refractivity contribution in [2.45, 2.75) is 51.7 Å². The molecular formula is C19H22ClN3O3. The summed E-state index contributed by atoms with van der Waals surface area (Å²) in [7, 11) is 0. The number of halogens is 1. The molecule has 26 heavy (non-hydrogen) atoms. The van der Waals surface area contributed by atoms with Gasteiger partial charge in [0.25, 0.3) is 0 Å². The van der Waals surface area contributed by atoms with E-state index in [4.69, 9.17) is 11.6 Å². The van der Waals surface area contributed by atoms with Gasteiger partial charge in [-0.15, -0.1) is 0 Å². The lowest BCUT2D eigenvalue weighted by Gasteiger charge is -2.30. The van der Waals surface area contributed by atoms with Crippen molar-refractivity contribution in [3.63, 3.8) is 0 Å². The number of aryl methyl sites for hydroxylation is 1. The molecule has 0 bridgehead atoms. The summed E-state index contributed by atoms with van der Waals surface area (Å²) in [5.74, 6) is -2.07. The first-order valence-electron chi connectivity index (χ1n) is 9.00. The third-order valence-electron chi connectivity index (χ3n) is 6.13. The number of nitrogens with one attached hydrogen (secondary N) is 2. The second kappa shape index (κ2) is 5.54. The average Bonchev–Trinajstić information content (AvgIpc) is 3.13. The fourth-order valence-electron chi connectivity index (χ4n) is 4.79. The number of hydrogen-bond acceptors (Lipinski definition) is 4. The third-order valence-corrected chi connectivity index (χ3v) is 6.43. The van der Waals surface area contributed by atoms with Crippen LogP contribution in [0.4, 0.5) is 5.69 Å². The second-order valence-corrected chi connectivity index (χ2v) is 8.08. The fourth-order valence-corrected chi connectivity index (χ4v) is 5.12. The van der Waals surface area contributed by atoms with Gasteiger partial charge in [-0.2, -0.15) is 0 Å². The number of likely N-dealkylation sites (tertiary alicyclic amines) is 1. The number of nitrogens with zero attached hydrogens (tertiary/aromatic N) is 1. The van der Waals surface area contributed by atoms with Crippen LogP contribution in [0.2, 0.25) is 5.02 Å². The van der Waals surface area contributed by atoms with Crippen LogP contribution >= 0.6 is 11.6 Å². The van der Waals surface area contributed by atoms with Gasteiger partial charge in [-0.25, -0.2) is 0 Å². The van der Waals surface area contributed by atoms with Crippen molar-refractivity contribution < 1.29 is 14.4 Å². The molecule has 0 radical (unpaired) electrons. The Kier molecular flexibility index (Phi) is 3.72. The molecule has 6 nitrogen and oxygen atoms in total. The van der Waals surface area contributed by atoms with Crippen LogP contribution in [0.1, 0.15) is 38.3 Å². The van der Waals surface area contributed by atoms with E-state index in [0.717, 1.165) is 5.56 Å². The van der Waals surface area contributed by atoms with Gasteiger partial charge >= 0.3 is 0 Å². The summed E-state index contributed by atoms with van der Waals surface area (Å²) >= 11 is 6.34. The topological polar surface area (TPSA) is 78.5 Å². The van der Waals surface area contributed by atoms with E-state index in [1.807, 2.05) is 33.8 Å². The van der Waals surface area contributed by atoms with Gasteiger partial charge in [0.1, 0.15) is 5.54 Å². The summed E-state index contributed by atoms with van der Waals surface area (Å²) < 4.78 is 0. The number of anilines is 1. The Bertz CT molecular complexity index is 855. The molecule has 1 aromatic rings. The summed E-state index contributed by atoms with van der Waals surface area (Å²) in [6.45, 7) is 7.56. The summed E-state index contributed by atoms with van der Waals surface area (Å²) in [6.07, 6.45) is 0.680. The molecular weight excluding hydrogens is 354 g/mol. The molecule has 4 rings (SSSR count). The van der Waals surface area contributed by atoms with E-state index < -0.39 is 17.4 Å². The standard InChI is InChI=1S/C19H22ClN3O3/c1-5-9(3)23-16(24)13-10(4)22-19(14(13)17(23)25)11-6-8(2)7-12(20)15(11)21-18(19)26/h6-7,9-10,13-14,22H,5H2,1-4H3,(H,21,26). The van der Waals surface area contributed by atoms with Crippen molar-refractivity contribution >= 4 is 35.0 Å². The summed E-state index contributed by atoms with van der Waals surface area (Å²) in [5, 5.41) is 6.57. The van der Waals surface area contributed by atoms with Crippen LogP contribution in [0, 0.1) is 18.8 Å². The van der Waals surface area contributed by atoms with Gasteiger partial charge in [-0.05, 0) is 38.8 Å². The molecule has 2 saturated heterocycles. The van der Waals surface area contributed by atoms with Gasteiger partial charge in [-0.3, -0.25) is 24.6 Å². The minimum absolute atomic E-state index is 0.185. The minimum Gasteiger partial charge on any atom is -0.323 e. The van der Waals surface area contributed by atoms with Crippen LogP contribution in [-0.2, 0) is 19.9 Å². The van der Waals surface area contributed by atoms with Gasteiger partial charge in [0.2, 0.25) is 17.7 Å². The summed E-state index contributed by atoms with van der Waals surface area (Å²) in [6, 6.07) is 3.18. The molecule has 1 aromatic carbocycles. The molecule has 2 N–H and O–H groups in total. The SMILES string of the molecule is CCC(C)N1C(=O)C2C(C)NC3(C(=O)Nc4c(Cl)cc(C)cc43)C2C1=O. The van der Waals surface area contributed by atoms with Crippen LogP contribution in [0.15, 0.2) is 12.1 Å². The molecule has 3 amide bonds. The quantitative estimate of drug-likeness (QED) is 0.777. The monoisotopic (exact) mass is 375 g/mol. The van der Waals surface area contributed by atoms with E-state index in [1.54, 1.807) is 6.07 Å². The normalized spacial score (nSPS) is 33.7. The van der Waals surface area contributed by atoms with Gasteiger partial charge in [-0.1, -0.05) is 24.6 Å². The van der Waals surface area contributed by atoms with Crippen LogP contribution in [-0.4, -0.2) is 34.7 Å². The Morgan fingerprint density at radius 3 is 2.62 bits per heavy atom. The molecule has 0 saturated carbocycles. The molecule has 0 aromatic heterocycles. The highest BCUT2D eigenvalue weighted by molar-refractivity contribution is 6.35. The predicted molar refractivity (Wildman–Crippen MR) is 97.7 cm³/mol. The molecule has 5 unspecified atom stereocenters. The van der Waals surface area contributed by atoms with Crippen molar-refractivity contribution in [1.82, 2.24) is 10.2 Å². The van der Waals surface area contributed by atoms with Gasteiger partial charge < -0.3 is 5.32 Å². The summed E-state index contributed by atoms with van der Waals surface area (Å²) in [4.78, 5) is 40.7. The molecule has 3 heterocycles. The Labute approximate surface area is 157 Å². The average molecular weight is 376 g/mol. The molecule has 1 spiro atoms. The highest BCUT2D eigenvalue weighted by Crippen LogP contribution is 2.54. The molecule has 138 valence electrons. The smallest absolute Gasteiger partial charge is 0.250 e. The van der Waals surface area contributed by atoms with Crippen molar-refractivity contribution in [3.05, 3.63) is 28.3 Å². The third kappa shape index (κ3) is 1.94. The summed E-state index contributed by atoms with van der Waals surface area (Å²) in [5.41, 5.74) is 0.853. The lowest BCUT2D eigenvalue weighted by molar-refractivity contribution is -0.145. The maximum absolute atomic E-state index is 13.3. The van der Waals surface area contributed by atoms with E-state index in [9.17, 15) is 14.4 Å². The number of hydrogen-bond donors (Lipinski definition) is 2. The largest absolute Gasteiger partial charge is 0.323 e. The maximum Gasteiger partial charge on any atom is 0.250 e. The Balaban J connectivity index is 1.91. The number of benzene rings is 1. The second-order valence-electron chi connectivity index (χ2n) is 7.67. The molecule has 3 aliphatic rings. The van der Waals surface area contributed by atoms with E-state index >= 15 is 0 Å². The van der Waals surface area contributed by atoms with Gasteiger partial charge in [0.05, 0.1) is 22.5 Å². The Morgan fingerprint density at radius 1 is 1.27 bits per heavy atom. The minimum atomic E-state index is -1.25. The van der Waals surface area contributed by atoms with Crippen LogP contribution in [0.25, 0.3) is 0 Å². The van der Waals surface area contributed by atoms with E-state index in [2.05, 4.69) is 10.6 Å².